The third-order valence-electron chi connectivity index (χ3n) is 2.76. The molecule has 0 aliphatic heterocycles. The first-order valence-corrected chi connectivity index (χ1v) is 5.68. The summed E-state index contributed by atoms with van der Waals surface area (Å²) in [6.07, 6.45) is 3.68. The first kappa shape index (κ1) is 11.6. The summed E-state index contributed by atoms with van der Waals surface area (Å²) < 4.78 is 0. The van der Waals surface area contributed by atoms with E-state index >= 15 is 0 Å². The number of nitrogens with two attached hydrogens (primary N) is 1. The van der Waals surface area contributed by atoms with Crippen molar-refractivity contribution in [2.24, 2.45) is 5.73 Å². The van der Waals surface area contributed by atoms with E-state index in [9.17, 15) is 0 Å². The molecule has 2 aromatic rings. The highest BCUT2D eigenvalue weighted by atomic mass is 15.1. The number of aromatic nitrogens is 1. The van der Waals surface area contributed by atoms with E-state index < -0.39 is 0 Å². The maximum absolute atomic E-state index is 5.58. The summed E-state index contributed by atoms with van der Waals surface area (Å²) in [7, 11) is 2.07. The van der Waals surface area contributed by atoms with Crippen LogP contribution in [-0.4, -0.2) is 12.0 Å². The largest absolute Gasteiger partial charge is 0.370 e. The minimum absolute atomic E-state index is 0.590. The van der Waals surface area contributed by atoms with E-state index in [0.717, 1.165) is 12.1 Å². The molecule has 0 unspecified atom stereocenters. The fraction of sp³-hybridized carbons (Fsp3) is 0.214. The molecule has 1 heterocycles. The molecule has 17 heavy (non-hydrogen) atoms. The number of hydrogen-bond donors (Lipinski definition) is 1. The van der Waals surface area contributed by atoms with Crippen LogP contribution in [-0.2, 0) is 13.1 Å². The van der Waals surface area contributed by atoms with Gasteiger partial charge in [0.15, 0.2) is 0 Å². The Labute approximate surface area is 102 Å². The maximum atomic E-state index is 5.58. The molecular weight excluding hydrogens is 210 g/mol. The lowest BCUT2D eigenvalue weighted by Crippen LogP contribution is -2.16. The lowest BCUT2D eigenvalue weighted by atomic mass is 10.2. The Bertz CT molecular complexity index is 451. The highest BCUT2D eigenvalue weighted by molar-refractivity contribution is 5.47. The van der Waals surface area contributed by atoms with Crippen molar-refractivity contribution in [1.82, 2.24) is 4.98 Å². The zero-order valence-corrected chi connectivity index (χ0v) is 10.0. The van der Waals surface area contributed by atoms with Gasteiger partial charge in [-0.2, -0.15) is 0 Å². The van der Waals surface area contributed by atoms with E-state index in [1.165, 1.54) is 11.3 Å². The van der Waals surface area contributed by atoms with Gasteiger partial charge >= 0.3 is 0 Å². The smallest absolute Gasteiger partial charge is 0.0441 e. The van der Waals surface area contributed by atoms with Crippen molar-refractivity contribution < 1.29 is 0 Å². The Balaban J connectivity index is 2.06. The first-order valence-electron chi connectivity index (χ1n) is 5.68. The monoisotopic (exact) mass is 227 g/mol. The molecule has 0 atom stereocenters. The van der Waals surface area contributed by atoms with Crippen LogP contribution in [0.15, 0.2) is 48.8 Å². The van der Waals surface area contributed by atoms with Crippen LogP contribution in [0.25, 0.3) is 0 Å². The van der Waals surface area contributed by atoms with E-state index in [1.54, 1.807) is 6.20 Å². The minimum atomic E-state index is 0.590. The Morgan fingerprint density at radius 2 is 1.88 bits per heavy atom. The van der Waals surface area contributed by atoms with Gasteiger partial charge in [0.1, 0.15) is 0 Å². The van der Waals surface area contributed by atoms with Crippen LogP contribution in [0.4, 0.5) is 5.69 Å². The Kier molecular flexibility index (Phi) is 3.73. The Hall–Kier alpha value is -1.87. The molecule has 2 N–H and O–H groups in total. The molecule has 0 spiro atoms. The van der Waals surface area contributed by atoms with E-state index in [0.29, 0.717) is 6.54 Å². The summed E-state index contributed by atoms with van der Waals surface area (Å²) in [6.45, 7) is 1.45. The Morgan fingerprint density at radius 1 is 1.12 bits per heavy atom. The van der Waals surface area contributed by atoms with Crippen molar-refractivity contribution in [1.29, 1.82) is 0 Å². The fourth-order valence-corrected chi connectivity index (χ4v) is 1.74. The summed E-state index contributed by atoms with van der Waals surface area (Å²) in [5, 5.41) is 0. The van der Waals surface area contributed by atoms with Crippen molar-refractivity contribution in [3.8, 4) is 0 Å². The Morgan fingerprint density at radius 3 is 2.47 bits per heavy atom. The van der Waals surface area contributed by atoms with Gasteiger partial charge in [-0.1, -0.05) is 18.2 Å². The summed E-state index contributed by atoms with van der Waals surface area (Å²) in [5.41, 5.74) is 9.13. The molecule has 0 amide bonds. The van der Waals surface area contributed by atoms with Crippen molar-refractivity contribution in [3.05, 3.63) is 59.9 Å². The van der Waals surface area contributed by atoms with Crippen molar-refractivity contribution in [2.45, 2.75) is 13.1 Å². The molecule has 3 nitrogen and oxygen atoms in total. The van der Waals surface area contributed by atoms with E-state index in [2.05, 4.69) is 47.3 Å². The van der Waals surface area contributed by atoms with Crippen LogP contribution >= 0.6 is 0 Å². The van der Waals surface area contributed by atoms with E-state index in [4.69, 9.17) is 5.73 Å². The number of anilines is 1. The molecule has 0 aliphatic carbocycles. The van der Waals surface area contributed by atoms with Crippen molar-refractivity contribution in [2.75, 3.05) is 11.9 Å². The van der Waals surface area contributed by atoms with E-state index in [1.807, 2.05) is 12.3 Å². The standard InChI is InChI=1S/C14H17N3/c1-17(11-13-3-2-8-16-10-13)14-6-4-12(9-15)5-7-14/h2-8,10H,9,11,15H2,1H3. The molecule has 1 aromatic heterocycles. The van der Waals surface area contributed by atoms with Gasteiger partial charge in [0, 0.05) is 38.2 Å². The zero-order valence-electron chi connectivity index (χ0n) is 10.0. The van der Waals surface area contributed by atoms with Gasteiger partial charge in [0.25, 0.3) is 0 Å². The first-order chi connectivity index (χ1) is 8.29. The molecule has 0 aliphatic rings. The molecule has 0 fully saturated rings. The van der Waals surface area contributed by atoms with Crippen LogP contribution in [0.5, 0.6) is 0 Å². The summed E-state index contributed by atoms with van der Waals surface area (Å²) in [6, 6.07) is 12.4. The minimum Gasteiger partial charge on any atom is -0.370 e. The zero-order chi connectivity index (χ0) is 12.1. The molecule has 3 heteroatoms. The average molecular weight is 227 g/mol. The normalized spacial score (nSPS) is 10.2. The second-order valence-corrected chi connectivity index (χ2v) is 4.09. The van der Waals surface area contributed by atoms with Crippen LogP contribution in [0.2, 0.25) is 0 Å². The predicted octanol–water partition coefficient (Wildman–Crippen LogP) is 2.18. The number of hydrogen-bond acceptors (Lipinski definition) is 3. The van der Waals surface area contributed by atoms with Gasteiger partial charge in [0.05, 0.1) is 0 Å². The van der Waals surface area contributed by atoms with Crippen LogP contribution < -0.4 is 10.6 Å². The number of rotatable bonds is 4. The topological polar surface area (TPSA) is 42.2 Å². The molecule has 88 valence electrons. The molecular formula is C14H17N3. The summed E-state index contributed by atoms with van der Waals surface area (Å²) in [4.78, 5) is 6.31. The quantitative estimate of drug-likeness (QED) is 0.870. The lowest BCUT2D eigenvalue weighted by Gasteiger charge is -2.19. The highest BCUT2D eigenvalue weighted by Gasteiger charge is 2.01. The van der Waals surface area contributed by atoms with Gasteiger partial charge in [-0.05, 0) is 29.3 Å². The summed E-state index contributed by atoms with van der Waals surface area (Å²) in [5.74, 6) is 0. The van der Waals surface area contributed by atoms with Crippen molar-refractivity contribution >= 4 is 5.69 Å². The predicted molar refractivity (Wildman–Crippen MR) is 70.7 cm³/mol. The van der Waals surface area contributed by atoms with Crippen LogP contribution in [0.3, 0.4) is 0 Å². The third-order valence-corrected chi connectivity index (χ3v) is 2.76. The molecule has 0 bridgehead atoms. The fourth-order valence-electron chi connectivity index (χ4n) is 1.74. The second-order valence-electron chi connectivity index (χ2n) is 4.09. The van der Waals surface area contributed by atoms with Gasteiger partial charge in [-0.3, -0.25) is 4.98 Å². The van der Waals surface area contributed by atoms with Crippen LogP contribution in [0, 0.1) is 0 Å². The van der Waals surface area contributed by atoms with Gasteiger partial charge in [-0.25, -0.2) is 0 Å². The maximum Gasteiger partial charge on any atom is 0.0441 e. The molecule has 2 rings (SSSR count). The van der Waals surface area contributed by atoms with Gasteiger partial charge in [0.2, 0.25) is 0 Å². The molecule has 0 saturated carbocycles. The third kappa shape index (κ3) is 3.04. The summed E-state index contributed by atoms with van der Waals surface area (Å²) >= 11 is 0. The molecule has 0 saturated heterocycles. The van der Waals surface area contributed by atoms with Gasteiger partial charge < -0.3 is 10.6 Å². The molecule has 1 aromatic carbocycles. The van der Waals surface area contributed by atoms with Crippen molar-refractivity contribution in [3.63, 3.8) is 0 Å². The molecule has 0 radical (unpaired) electrons. The van der Waals surface area contributed by atoms with E-state index in [-0.39, 0.29) is 0 Å². The SMILES string of the molecule is CN(Cc1cccnc1)c1ccc(CN)cc1. The highest BCUT2D eigenvalue weighted by Crippen LogP contribution is 2.15. The van der Waals surface area contributed by atoms with Gasteiger partial charge in [-0.15, -0.1) is 0 Å². The number of nitrogens with zero attached hydrogens (tertiary/aromatic N) is 2. The number of benzene rings is 1. The average Bonchev–Trinajstić information content (AvgIpc) is 2.40. The number of pyridine rings is 1. The van der Waals surface area contributed by atoms with Crippen LogP contribution in [0.1, 0.15) is 11.1 Å². The lowest BCUT2D eigenvalue weighted by molar-refractivity contribution is 0.914. The second kappa shape index (κ2) is 5.46.